The number of aryl methyl sites for hydroxylation is 2. The van der Waals surface area contributed by atoms with Crippen molar-refractivity contribution in [1.82, 2.24) is 24.9 Å². The highest BCUT2D eigenvalue weighted by molar-refractivity contribution is 7.99. The van der Waals surface area contributed by atoms with Gasteiger partial charge in [-0.2, -0.15) is 4.98 Å². The summed E-state index contributed by atoms with van der Waals surface area (Å²) < 4.78 is 1.70. The van der Waals surface area contributed by atoms with Crippen molar-refractivity contribution in [1.29, 1.82) is 0 Å². The molecule has 1 amide bonds. The second kappa shape index (κ2) is 6.21. The van der Waals surface area contributed by atoms with Crippen LogP contribution in [0.3, 0.4) is 0 Å². The molecule has 2 heterocycles. The molecule has 0 aliphatic rings. The number of hydrogen-bond donors (Lipinski definition) is 1. The van der Waals surface area contributed by atoms with Crippen LogP contribution in [0.4, 0.5) is 0 Å². The molecule has 2 aromatic rings. The average molecular weight is 293 g/mol. The lowest BCUT2D eigenvalue weighted by Gasteiger charge is -2.09. The van der Waals surface area contributed by atoms with Crippen LogP contribution in [0.25, 0.3) is 5.78 Å². The van der Waals surface area contributed by atoms with Crippen molar-refractivity contribution in [2.24, 2.45) is 0 Å². The molecule has 2 rings (SSSR count). The summed E-state index contributed by atoms with van der Waals surface area (Å²) in [5.74, 6) is 0.899. The minimum absolute atomic E-state index is 0.00377. The van der Waals surface area contributed by atoms with Gasteiger partial charge in [0.25, 0.3) is 5.78 Å². The number of carbonyl (C=O) groups excluding carboxylic acids is 1. The van der Waals surface area contributed by atoms with Gasteiger partial charge < -0.3 is 5.32 Å². The molecule has 1 atom stereocenters. The Bertz CT molecular complexity index is 624. The summed E-state index contributed by atoms with van der Waals surface area (Å²) in [6.45, 7) is 7.91. The van der Waals surface area contributed by atoms with E-state index in [-0.39, 0.29) is 11.9 Å². The Morgan fingerprint density at radius 3 is 2.90 bits per heavy atom. The number of thioether (sulfide) groups is 1. The highest BCUT2D eigenvalue weighted by Crippen LogP contribution is 2.15. The van der Waals surface area contributed by atoms with E-state index < -0.39 is 0 Å². The zero-order valence-corrected chi connectivity index (χ0v) is 13.0. The van der Waals surface area contributed by atoms with Crippen molar-refractivity contribution in [2.75, 3.05) is 5.75 Å². The molecular formula is C13H19N5OS. The van der Waals surface area contributed by atoms with E-state index in [1.165, 1.54) is 11.8 Å². The van der Waals surface area contributed by atoms with E-state index in [2.05, 4.69) is 20.4 Å². The summed E-state index contributed by atoms with van der Waals surface area (Å²) in [6, 6.07) is 2.15. The number of amides is 1. The number of nitrogens with one attached hydrogen (secondary N) is 1. The first-order valence-electron chi connectivity index (χ1n) is 6.62. The van der Waals surface area contributed by atoms with E-state index in [9.17, 15) is 4.79 Å². The van der Waals surface area contributed by atoms with Gasteiger partial charge in [-0.15, -0.1) is 5.10 Å². The number of hydrogen-bond acceptors (Lipinski definition) is 5. The molecule has 2 aromatic heterocycles. The van der Waals surface area contributed by atoms with Gasteiger partial charge in [-0.25, -0.2) is 9.50 Å². The second-order valence-electron chi connectivity index (χ2n) is 4.81. The Hall–Kier alpha value is -1.63. The SMILES string of the molecule is CC[C@@H](C)NC(=O)CSc1nc2nc(C)cc(C)n2n1. The van der Waals surface area contributed by atoms with Gasteiger partial charge in [0.05, 0.1) is 5.75 Å². The van der Waals surface area contributed by atoms with Crippen LogP contribution < -0.4 is 5.32 Å². The molecule has 7 heteroatoms. The summed E-state index contributed by atoms with van der Waals surface area (Å²) in [5, 5.41) is 7.84. The maximum absolute atomic E-state index is 11.7. The summed E-state index contributed by atoms with van der Waals surface area (Å²) in [5.41, 5.74) is 1.89. The fourth-order valence-electron chi connectivity index (χ4n) is 1.76. The molecule has 108 valence electrons. The van der Waals surface area contributed by atoms with Gasteiger partial charge in [0, 0.05) is 17.4 Å². The van der Waals surface area contributed by atoms with Crippen molar-refractivity contribution in [3.8, 4) is 0 Å². The Balaban J connectivity index is 2.04. The van der Waals surface area contributed by atoms with Gasteiger partial charge in [0.15, 0.2) is 0 Å². The third kappa shape index (κ3) is 3.47. The smallest absolute Gasteiger partial charge is 0.253 e. The van der Waals surface area contributed by atoms with Crippen molar-refractivity contribution in [2.45, 2.75) is 45.3 Å². The molecule has 0 aliphatic carbocycles. The molecule has 20 heavy (non-hydrogen) atoms. The van der Waals surface area contributed by atoms with Crippen molar-refractivity contribution in [3.05, 3.63) is 17.5 Å². The van der Waals surface area contributed by atoms with Crippen LogP contribution in [-0.4, -0.2) is 37.3 Å². The molecule has 0 saturated carbocycles. The van der Waals surface area contributed by atoms with Crippen LogP contribution in [0.15, 0.2) is 11.2 Å². The minimum atomic E-state index is 0.00377. The van der Waals surface area contributed by atoms with Crippen LogP contribution in [-0.2, 0) is 4.79 Å². The second-order valence-corrected chi connectivity index (χ2v) is 5.75. The third-order valence-corrected chi connectivity index (χ3v) is 3.79. The molecule has 6 nitrogen and oxygen atoms in total. The van der Waals surface area contributed by atoms with Crippen LogP contribution >= 0.6 is 11.8 Å². The first-order chi connectivity index (χ1) is 9.49. The highest BCUT2D eigenvalue weighted by atomic mass is 32.2. The molecule has 0 aromatic carbocycles. The lowest BCUT2D eigenvalue weighted by atomic mass is 10.3. The number of rotatable bonds is 5. The average Bonchev–Trinajstić information content (AvgIpc) is 2.79. The first kappa shape index (κ1) is 14.8. The summed E-state index contributed by atoms with van der Waals surface area (Å²) in [6.07, 6.45) is 0.922. The topological polar surface area (TPSA) is 72.2 Å². The molecule has 0 unspecified atom stereocenters. The lowest BCUT2D eigenvalue weighted by molar-refractivity contribution is -0.119. The monoisotopic (exact) mass is 293 g/mol. The van der Waals surface area contributed by atoms with Gasteiger partial charge in [0.2, 0.25) is 11.1 Å². The largest absolute Gasteiger partial charge is 0.353 e. The maximum Gasteiger partial charge on any atom is 0.253 e. The molecular weight excluding hydrogens is 274 g/mol. The maximum atomic E-state index is 11.7. The highest BCUT2D eigenvalue weighted by Gasteiger charge is 2.11. The normalized spacial score (nSPS) is 12.6. The molecule has 0 spiro atoms. The summed E-state index contributed by atoms with van der Waals surface area (Å²) >= 11 is 1.33. The zero-order valence-electron chi connectivity index (χ0n) is 12.2. The standard InChI is InChI=1S/C13H19N5OS/c1-5-8(2)14-11(19)7-20-13-16-12-15-9(3)6-10(4)18(12)17-13/h6,8H,5,7H2,1-4H3,(H,14,19)/t8-/m1/s1. The molecule has 1 N–H and O–H groups in total. The fourth-order valence-corrected chi connectivity index (χ4v) is 2.39. The van der Waals surface area contributed by atoms with E-state index >= 15 is 0 Å². The van der Waals surface area contributed by atoms with Gasteiger partial charge >= 0.3 is 0 Å². The number of nitrogens with zero attached hydrogens (tertiary/aromatic N) is 4. The minimum Gasteiger partial charge on any atom is -0.353 e. The van der Waals surface area contributed by atoms with Crippen LogP contribution in [0.2, 0.25) is 0 Å². The quantitative estimate of drug-likeness (QED) is 0.850. The Morgan fingerprint density at radius 1 is 1.45 bits per heavy atom. The van der Waals surface area contributed by atoms with E-state index in [0.29, 0.717) is 16.7 Å². The van der Waals surface area contributed by atoms with Crippen LogP contribution in [0.5, 0.6) is 0 Å². The lowest BCUT2D eigenvalue weighted by Crippen LogP contribution is -2.33. The Kier molecular flexibility index (Phi) is 4.59. The van der Waals surface area contributed by atoms with E-state index in [1.54, 1.807) is 4.52 Å². The third-order valence-electron chi connectivity index (χ3n) is 2.95. The summed E-state index contributed by atoms with van der Waals surface area (Å²) in [7, 11) is 0. The van der Waals surface area contributed by atoms with Crippen molar-refractivity contribution >= 4 is 23.4 Å². The van der Waals surface area contributed by atoms with Gasteiger partial charge in [0.1, 0.15) is 0 Å². The first-order valence-corrected chi connectivity index (χ1v) is 7.61. The fraction of sp³-hybridized carbons (Fsp3) is 0.538. The molecule has 0 saturated heterocycles. The van der Waals surface area contributed by atoms with Crippen molar-refractivity contribution < 1.29 is 4.79 Å². The number of carbonyl (C=O) groups is 1. The van der Waals surface area contributed by atoms with Gasteiger partial charge in [-0.1, -0.05) is 18.7 Å². The van der Waals surface area contributed by atoms with Crippen LogP contribution in [0.1, 0.15) is 31.7 Å². The number of fused-ring (bicyclic) bond motifs is 1. The molecule has 0 fully saturated rings. The van der Waals surface area contributed by atoms with E-state index in [0.717, 1.165) is 17.8 Å². The Morgan fingerprint density at radius 2 is 2.20 bits per heavy atom. The number of aromatic nitrogens is 4. The molecule has 0 radical (unpaired) electrons. The Labute approximate surface area is 122 Å². The predicted molar refractivity (Wildman–Crippen MR) is 78.9 cm³/mol. The van der Waals surface area contributed by atoms with Crippen molar-refractivity contribution in [3.63, 3.8) is 0 Å². The zero-order chi connectivity index (χ0) is 14.7. The van der Waals surface area contributed by atoms with Gasteiger partial charge in [-0.3, -0.25) is 4.79 Å². The van der Waals surface area contributed by atoms with Gasteiger partial charge in [-0.05, 0) is 33.3 Å². The molecule has 0 aliphatic heterocycles. The molecule has 0 bridgehead atoms. The van der Waals surface area contributed by atoms with Crippen LogP contribution in [0, 0.1) is 13.8 Å². The van der Waals surface area contributed by atoms with E-state index in [1.807, 2.05) is 33.8 Å². The predicted octanol–water partition coefficient (Wildman–Crippen LogP) is 1.75. The summed E-state index contributed by atoms with van der Waals surface area (Å²) in [4.78, 5) is 20.4. The van der Waals surface area contributed by atoms with E-state index in [4.69, 9.17) is 0 Å².